The Balaban J connectivity index is 1.54. The lowest BCUT2D eigenvalue weighted by molar-refractivity contribution is -0.141. The Morgan fingerprint density at radius 3 is 2.68 bits per heavy atom. The van der Waals surface area contributed by atoms with E-state index >= 15 is 0 Å². The van der Waals surface area contributed by atoms with Gasteiger partial charge in [0, 0.05) is 20.8 Å². The Kier molecular flexibility index (Phi) is 4.77. The van der Waals surface area contributed by atoms with Crippen LogP contribution >= 0.6 is 0 Å². The van der Waals surface area contributed by atoms with Crippen molar-refractivity contribution in [2.24, 2.45) is 11.8 Å². The van der Waals surface area contributed by atoms with Gasteiger partial charge in [0.25, 0.3) is 0 Å². The second kappa shape index (κ2) is 6.99. The minimum atomic E-state index is -0.779. The number of amides is 2. The Morgan fingerprint density at radius 1 is 1.29 bits per heavy atom. The zero-order valence-corrected chi connectivity index (χ0v) is 16.4. The molecule has 2 fully saturated rings. The van der Waals surface area contributed by atoms with Gasteiger partial charge in [0.2, 0.25) is 11.8 Å². The molecule has 1 N–H and O–H groups in total. The van der Waals surface area contributed by atoms with E-state index in [0.717, 1.165) is 5.56 Å². The number of hydrogen-bond acceptors (Lipinski definition) is 5. The molecule has 3 aliphatic heterocycles. The molecule has 2 amide bonds. The zero-order valence-electron chi connectivity index (χ0n) is 16.4. The monoisotopic (exact) mass is 386 g/mol. The quantitative estimate of drug-likeness (QED) is 0.561. The fraction of sp³-hybridized carbons (Fsp3) is 0.524. The highest BCUT2D eigenvalue weighted by atomic mass is 16.7. The summed E-state index contributed by atoms with van der Waals surface area (Å²) < 4.78 is 16.6. The average Bonchev–Trinajstić information content (AvgIpc) is 3.25. The van der Waals surface area contributed by atoms with Crippen LogP contribution in [-0.2, 0) is 30.3 Å². The first-order chi connectivity index (χ1) is 13.4. The van der Waals surface area contributed by atoms with Crippen LogP contribution in [0.15, 0.2) is 42.5 Å². The van der Waals surface area contributed by atoms with Crippen molar-refractivity contribution in [1.29, 1.82) is 0 Å². The fourth-order valence-corrected chi connectivity index (χ4v) is 4.75. The third-order valence-corrected chi connectivity index (χ3v) is 6.07. The number of ether oxygens (including phenoxy) is 3. The molecule has 7 heteroatoms. The van der Waals surface area contributed by atoms with Crippen molar-refractivity contribution in [2.75, 3.05) is 27.3 Å². The van der Waals surface area contributed by atoms with Gasteiger partial charge in [0.1, 0.15) is 5.60 Å². The van der Waals surface area contributed by atoms with E-state index in [0.29, 0.717) is 13.1 Å². The predicted octanol–water partition coefficient (Wildman–Crippen LogP) is 1.09. The zero-order chi connectivity index (χ0) is 19.9. The summed E-state index contributed by atoms with van der Waals surface area (Å²) in [6, 6.07) is 9.85. The van der Waals surface area contributed by atoms with Crippen molar-refractivity contribution in [2.45, 2.75) is 31.0 Å². The van der Waals surface area contributed by atoms with Gasteiger partial charge in [-0.15, -0.1) is 0 Å². The van der Waals surface area contributed by atoms with Gasteiger partial charge in [-0.25, -0.2) is 0 Å². The molecule has 0 aliphatic carbocycles. The minimum Gasteiger partial charge on any atom is -0.357 e. The Labute approximate surface area is 164 Å². The van der Waals surface area contributed by atoms with Crippen LogP contribution in [0.5, 0.6) is 0 Å². The lowest BCUT2D eigenvalue weighted by Gasteiger charge is -2.29. The standard InChI is InChI=1S/C21H26N2O5/c1-20-9-10-21(28-20)13-23(12-14-7-5-4-6-8-14)19(25)17(21)16(20)18(24)22-11-15(26-2)27-3/h4-10,15-17H,11-13H2,1-3H3,(H,22,24)/t16-,17+,20+,21-/m0/s1. The van der Waals surface area contributed by atoms with E-state index in [-0.39, 0.29) is 18.4 Å². The number of methoxy groups -OCH3 is 2. The largest absolute Gasteiger partial charge is 0.357 e. The number of hydrogen-bond donors (Lipinski definition) is 1. The molecule has 3 heterocycles. The van der Waals surface area contributed by atoms with E-state index in [9.17, 15) is 9.59 Å². The summed E-state index contributed by atoms with van der Waals surface area (Å²) >= 11 is 0. The van der Waals surface area contributed by atoms with E-state index in [1.165, 1.54) is 14.2 Å². The summed E-state index contributed by atoms with van der Waals surface area (Å²) in [5.74, 6) is -1.35. The van der Waals surface area contributed by atoms with Gasteiger partial charge < -0.3 is 24.4 Å². The summed E-state index contributed by atoms with van der Waals surface area (Å²) in [7, 11) is 3.03. The van der Waals surface area contributed by atoms with Crippen molar-refractivity contribution < 1.29 is 23.8 Å². The number of fused-ring (bicyclic) bond motifs is 1. The molecule has 0 radical (unpaired) electrons. The van der Waals surface area contributed by atoms with E-state index in [1.54, 1.807) is 4.90 Å². The van der Waals surface area contributed by atoms with Crippen LogP contribution in [0.2, 0.25) is 0 Å². The van der Waals surface area contributed by atoms with Gasteiger partial charge >= 0.3 is 0 Å². The number of nitrogens with one attached hydrogen (secondary N) is 1. The fourth-order valence-electron chi connectivity index (χ4n) is 4.75. The second-order valence-electron chi connectivity index (χ2n) is 7.86. The highest BCUT2D eigenvalue weighted by Gasteiger charge is 2.71. The van der Waals surface area contributed by atoms with Gasteiger partial charge in [-0.05, 0) is 12.5 Å². The van der Waals surface area contributed by atoms with E-state index in [1.807, 2.05) is 49.4 Å². The summed E-state index contributed by atoms with van der Waals surface area (Å²) in [5.41, 5.74) is -0.454. The van der Waals surface area contributed by atoms with Crippen molar-refractivity contribution in [3.05, 3.63) is 48.0 Å². The van der Waals surface area contributed by atoms with Crippen molar-refractivity contribution >= 4 is 11.8 Å². The molecule has 1 aromatic carbocycles. The molecule has 28 heavy (non-hydrogen) atoms. The number of nitrogens with zero attached hydrogens (tertiary/aromatic N) is 1. The third-order valence-electron chi connectivity index (χ3n) is 6.07. The molecule has 150 valence electrons. The first-order valence-corrected chi connectivity index (χ1v) is 9.49. The van der Waals surface area contributed by atoms with Crippen LogP contribution in [-0.4, -0.2) is 61.5 Å². The molecule has 7 nitrogen and oxygen atoms in total. The molecular formula is C21H26N2O5. The van der Waals surface area contributed by atoms with E-state index < -0.39 is 29.3 Å². The maximum absolute atomic E-state index is 13.3. The molecule has 1 aromatic rings. The van der Waals surface area contributed by atoms with Crippen LogP contribution in [0.1, 0.15) is 12.5 Å². The van der Waals surface area contributed by atoms with E-state index in [4.69, 9.17) is 14.2 Å². The lowest BCUT2D eigenvalue weighted by atomic mass is 9.72. The topological polar surface area (TPSA) is 77.1 Å². The van der Waals surface area contributed by atoms with Crippen molar-refractivity contribution in [3.63, 3.8) is 0 Å². The lowest BCUT2D eigenvalue weighted by Crippen LogP contribution is -2.49. The van der Waals surface area contributed by atoms with Gasteiger partial charge in [-0.3, -0.25) is 9.59 Å². The Hall–Kier alpha value is -2.22. The molecule has 0 saturated carbocycles. The molecular weight excluding hydrogens is 360 g/mol. The average molecular weight is 386 g/mol. The summed E-state index contributed by atoms with van der Waals surface area (Å²) in [4.78, 5) is 28.1. The molecule has 0 aromatic heterocycles. The van der Waals surface area contributed by atoms with Crippen LogP contribution < -0.4 is 5.32 Å². The minimum absolute atomic E-state index is 0.0351. The van der Waals surface area contributed by atoms with Crippen LogP contribution in [0.3, 0.4) is 0 Å². The van der Waals surface area contributed by atoms with Gasteiger partial charge in [0.05, 0.1) is 30.5 Å². The molecule has 1 spiro atoms. The number of benzene rings is 1. The highest BCUT2D eigenvalue weighted by Crippen LogP contribution is 2.57. The summed E-state index contributed by atoms with van der Waals surface area (Å²) in [5, 5.41) is 2.86. The maximum atomic E-state index is 13.3. The predicted molar refractivity (Wildman–Crippen MR) is 101 cm³/mol. The molecule has 0 unspecified atom stereocenters. The van der Waals surface area contributed by atoms with Crippen molar-refractivity contribution in [3.8, 4) is 0 Å². The molecule has 4 rings (SSSR count). The van der Waals surface area contributed by atoms with Gasteiger partial charge in [-0.2, -0.15) is 0 Å². The highest BCUT2D eigenvalue weighted by molar-refractivity contribution is 5.93. The first-order valence-electron chi connectivity index (χ1n) is 9.49. The van der Waals surface area contributed by atoms with Crippen molar-refractivity contribution in [1.82, 2.24) is 10.2 Å². The maximum Gasteiger partial charge on any atom is 0.230 e. The normalized spacial score (nSPS) is 33.0. The van der Waals surface area contributed by atoms with Crippen LogP contribution in [0.25, 0.3) is 0 Å². The first kappa shape index (κ1) is 19.1. The van der Waals surface area contributed by atoms with E-state index in [2.05, 4.69) is 5.32 Å². The van der Waals surface area contributed by atoms with Crippen LogP contribution in [0.4, 0.5) is 0 Å². The number of rotatable bonds is 7. The molecule has 2 saturated heterocycles. The Bertz CT molecular complexity index is 793. The summed E-state index contributed by atoms with van der Waals surface area (Å²) in [6.45, 7) is 3.05. The summed E-state index contributed by atoms with van der Waals surface area (Å²) in [6.07, 6.45) is 3.36. The SMILES string of the molecule is COC(CNC(=O)[C@@H]1[C@@H]2C(=O)N(Cc3ccccc3)C[C@@]23C=C[C@@]1(C)O3)OC. The number of carbonyl (C=O) groups excluding carboxylic acids is 2. The second-order valence-corrected chi connectivity index (χ2v) is 7.86. The molecule has 3 aliphatic rings. The molecule has 4 atom stereocenters. The Morgan fingerprint density at radius 2 is 2.00 bits per heavy atom. The van der Waals surface area contributed by atoms with Crippen LogP contribution in [0, 0.1) is 11.8 Å². The molecule has 2 bridgehead atoms. The number of likely N-dealkylation sites (tertiary alicyclic amines) is 1. The smallest absolute Gasteiger partial charge is 0.230 e. The van der Waals surface area contributed by atoms with Gasteiger partial charge in [-0.1, -0.05) is 42.5 Å². The number of carbonyl (C=O) groups is 2. The third kappa shape index (κ3) is 2.94. The van der Waals surface area contributed by atoms with Gasteiger partial charge in [0.15, 0.2) is 6.29 Å².